The van der Waals surface area contributed by atoms with Gasteiger partial charge in [-0.2, -0.15) is 0 Å². The Morgan fingerprint density at radius 3 is 1.52 bits per heavy atom. The topological polar surface area (TPSA) is 38.7 Å². The molecular weight excluding hydrogens is 679 g/mol. The van der Waals surface area contributed by atoms with Gasteiger partial charge in [0.05, 0.1) is 12.3 Å². The van der Waals surface area contributed by atoms with E-state index in [0.717, 1.165) is 56.5 Å². The fraction of sp³-hybridized carbons (Fsp3) is 0.0377. The molecule has 0 unspecified atom stereocenters. The van der Waals surface area contributed by atoms with Crippen molar-refractivity contribution >= 4 is 0 Å². The second-order valence-corrected chi connectivity index (χ2v) is 14.7. The molecule has 9 aromatic rings. The number of fused-ring (bicyclic) bond motifs is 15. The van der Waals surface area contributed by atoms with Gasteiger partial charge in [-0.25, -0.2) is 15.0 Å². The lowest BCUT2D eigenvalue weighted by molar-refractivity contribution is 0.775. The number of hydrogen-bond acceptors (Lipinski definition) is 3. The zero-order valence-corrected chi connectivity index (χ0v) is 30.1. The van der Waals surface area contributed by atoms with E-state index < -0.39 is 23.5 Å². The van der Waals surface area contributed by atoms with Crippen molar-refractivity contribution in [1.82, 2.24) is 15.0 Å². The Bertz CT molecular complexity index is 3300. The molecule has 3 heteroatoms. The third-order valence-corrected chi connectivity index (χ3v) is 11.9. The minimum Gasteiger partial charge on any atom is -0.208 e. The Balaban J connectivity index is 1.19. The Morgan fingerprint density at radius 2 is 0.857 bits per heavy atom. The van der Waals surface area contributed by atoms with Crippen LogP contribution in [-0.4, -0.2) is 15.0 Å². The molecule has 0 N–H and O–H groups in total. The second kappa shape index (κ2) is 11.9. The van der Waals surface area contributed by atoms with Crippen LogP contribution < -0.4 is 0 Å². The maximum atomic E-state index is 9.00. The van der Waals surface area contributed by atoms with Crippen LogP contribution in [0.4, 0.5) is 0 Å². The summed E-state index contributed by atoms with van der Waals surface area (Å²) in [6, 6.07) is 53.5. The predicted octanol–water partition coefficient (Wildman–Crippen LogP) is 12.5. The Morgan fingerprint density at radius 1 is 0.375 bits per heavy atom. The first-order valence-corrected chi connectivity index (χ1v) is 18.9. The van der Waals surface area contributed by atoms with Crippen LogP contribution >= 0.6 is 0 Å². The highest BCUT2D eigenvalue weighted by Gasteiger charge is 2.49. The summed E-state index contributed by atoms with van der Waals surface area (Å²) in [6.45, 7) is 0. The van der Waals surface area contributed by atoms with E-state index in [1.807, 2.05) is 30.3 Å². The molecule has 0 atom stereocenters. The van der Waals surface area contributed by atoms with Crippen LogP contribution in [0, 0.1) is 0 Å². The zero-order chi connectivity index (χ0) is 41.1. The first-order chi connectivity index (χ1) is 29.8. The zero-order valence-electron chi connectivity index (χ0n) is 35.1. The van der Waals surface area contributed by atoms with Crippen molar-refractivity contribution in [1.29, 1.82) is 0 Å². The minimum absolute atomic E-state index is 0.0118. The normalized spacial score (nSPS) is 14.7. The van der Waals surface area contributed by atoms with Crippen LogP contribution in [-0.2, 0) is 11.8 Å². The van der Waals surface area contributed by atoms with Crippen molar-refractivity contribution in [3.8, 4) is 78.7 Å². The summed E-state index contributed by atoms with van der Waals surface area (Å²) in [5, 5.41) is 0. The van der Waals surface area contributed by atoms with E-state index in [1.54, 1.807) is 0 Å². The van der Waals surface area contributed by atoms with Crippen molar-refractivity contribution in [2.45, 2.75) is 11.8 Å². The molecule has 0 bridgehead atoms. The highest BCUT2D eigenvalue weighted by molar-refractivity contribution is 5.98. The van der Waals surface area contributed by atoms with E-state index in [-0.39, 0.29) is 23.5 Å². The van der Waals surface area contributed by atoms with Gasteiger partial charge >= 0.3 is 0 Å². The monoisotopic (exact) mass is 716 g/mol. The fourth-order valence-electron chi connectivity index (χ4n) is 9.66. The maximum absolute atomic E-state index is 9.00. The Hall–Kier alpha value is -7.23. The van der Waals surface area contributed by atoms with E-state index >= 15 is 0 Å². The number of aromatic nitrogens is 3. The van der Waals surface area contributed by atoms with Crippen LogP contribution in [0.15, 0.2) is 188 Å². The van der Waals surface area contributed by atoms with Crippen LogP contribution in [0.25, 0.3) is 78.7 Å². The molecule has 0 radical (unpaired) electrons. The number of hydrogen-bond donors (Lipinski definition) is 0. The summed E-state index contributed by atoms with van der Waals surface area (Å²) in [4.78, 5) is 15.3. The standard InChI is InChI=1S/C53H33N3/c1-2-15-33(16-3-1)50-54-51(56-52(55-50)44-25-14-18-35-31-34-17-4-5-19-37(34)49(35)44)36-29-30-43-39-21-7-6-20-38(39)40-22-8-11-26-45(40)53(48(43)32-36)46-27-12-9-23-41(46)42-24-10-13-28-47(42)53/h1-30,32H,31H2/i1D,2D,3D,15D,16D. The van der Waals surface area contributed by atoms with E-state index in [0.29, 0.717) is 17.2 Å². The van der Waals surface area contributed by atoms with Crippen LogP contribution in [0.5, 0.6) is 0 Å². The molecule has 0 saturated heterocycles. The third-order valence-electron chi connectivity index (χ3n) is 11.9. The van der Waals surface area contributed by atoms with Gasteiger partial charge in [0.15, 0.2) is 17.5 Å². The molecule has 260 valence electrons. The van der Waals surface area contributed by atoms with Gasteiger partial charge in [-0.15, -0.1) is 0 Å². The molecule has 8 aromatic carbocycles. The molecule has 0 saturated carbocycles. The van der Waals surface area contributed by atoms with Gasteiger partial charge in [-0.1, -0.05) is 182 Å². The van der Waals surface area contributed by atoms with Crippen LogP contribution in [0.1, 0.15) is 40.2 Å². The summed E-state index contributed by atoms with van der Waals surface area (Å²) in [7, 11) is 0. The molecule has 0 amide bonds. The lowest BCUT2D eigenvalue weighted by atomic mass is 9.65. The first kappa shape index (κ1) is 26.5. The number of nitrogens with zero attached hydrogens (tertiary/aromatic N) is 3. The molecule has 1 spiro atoms. The molecule has 0 aliphatic heterocycles. The van der Waals surface area contributed by atoms with Gasteiger partial charge in [0.1, 0.15) is 0 Å². The van der Waals surface area contributed by atoms with Gasteiger partial charge in [0, 0.05) is 16.7 Å². The van der Waals surface area contributed by atoms with Crippen molar-refractivity contribution in [2.75, 3.05) is 0 Å². The van der Waals surface area contributed by atoms with Gasteiger partial charge in [-0.05, 0) is 90.4 Å². The molecule has 3 nitrogen and oxygen atoms in total. The lowest BCUT2D eigenvalue weighted by Gasteiger charge is -2.35. The third kappa shape index (κ3) is 4.31. The lowest BCUT2D eigenvalue weighted by Crippen LogP contribution is -2.29. The largest absolute Gasteiger partial charge is 0.208 e. The molecule has 56 heavy (non-hydrogen) atoms. The molecule has 3 aliphatic rings. The average Bonchev–Trinajstić information content (AvgIpc) is 3.81. The molecule has 3 aliphatic carbocycles. The highest BCUT2D eigenvalue weighted by atomic mass is 15.0. The summed E-state index contributed by atoms with van der Waals surface area (Å²) in [5.74, 6) is 0.703. The van der Waals surface area contributed by atoms with Gasteiger partial charge in [0.25, 0.3) is 0 Å². The van der Waals surface area contributed by atoms with E-state index in [1.165, 1.54) is 33.4 Å². The Labute approximate surface area is 332 Å². The smallest absolute Gasteiger partial charge is 0.164 e. The van der Waals surface area contributed by atoms with Crippen molar-refractivity contribution in [3.05, 3.63) is 221 Å². The SMILES string of the molecule is [2H]c1c([2H])c([2H])c(-c2nc(-c3ccc4c(c3)C3(c5ccccc5-c5ccccc5-4)c4ccccc4-c4ccccc43)nc(-c3cccc4c3-c3ccccc3C4)n2)c([2H])c1[2H]. The highest BCUT2D eigenvalue weighted by Crippen LogP contribution is 2.61. The van der Waals surface area contributed by atoms with Gasteiger partial charge < -0.3 is 0 Å². The van der Waals surface area contributed by atoms with E-state index in [2.05, 4.69) is 127 Å². The van der Waals surface area contributed by atoms with Gasteiger partial charge in [0.2, 0.25) is 0 Å². The summed E-state index contributed by atoms with van der Waals surface area (Å²) < 4.78 is 43.5. The fourth-order valence-corrected chi connectivity index (χ4v) is 9.66. The second-order valence-electron chi connectivity index (χ2n) is 14.7. The molecule has 1 aromatic heterocycles. The number of benzene rings is 8. The molecule has 1 heterocycles. The summed E-state index contributed by atoms with van der Waals surface area (Å²) in [6.07, 6.45) is 0.770. The van der Waals surface area contributed by atoms with Crippen molar-refractivity contribution in [2.24, 2.45) is 0 Å². The maximum Gasteiger partial charge on any atom is 0.164 e. The van der Waals surface area contributed by atoms with Crippen LogP contribution in [0.2, 0.25) is 0 Å². The first-order valence-electron chi connectivity index (χ1n) is 21.4. The molecule has 0 fully saturated rings. The molecular formula is C53H33N3. The predicted molar refractivity (Wildman–Crippen MR) is 226 cm³/mol. The van der Waals surface area contributed by atoms with Crippen molar-refractivity contribution < 1.29 is 6.85 Å². The summed E-state index contributed by atoms with van der Waals surface area (Å²) in [5.41, 5.74) is 16.6. The Kier molecular flexibility index (Phi) is 5.63. The van der Waals surface area contributed by atoms with Crippen LogP contribution in [0.3, 0.4) is 0 Å². The van der Waals surface area contributed by atoms with E-state index in [9.17, 15) is 0 Å². The minimum atomic E-state index is -0.732. The quantitative estimate of drug-likeness (QED) is 0.183. The van der Waals surface area contributed by atoms with Crippen molar-refractivity contribution in [3.63, 3.8) is 0 Å². The van der Waals surface area contributed by atoms with E-state index in [4.69, 9.17) is 21.8 Å². The number of rotatable bonds is 3. The summed E-state index contributed by atoms with van der Waals surface area (Å²) >= 11 is 0. The molecule has 12 rings (SSSR count). The average molecular weight is 717 g/mol. The van der Waals surface area contributed by atoms with Gasteiger partial charge in [-0.3, -0.25) is 0 Å².